The molecule has 1 atom stereocenters. The van der Waals surface area contributed by atoms with E-state index in [2.05, 4.69) is 13.8 Å². The number of nitrogens with zero attached hydrogens (tertiary/aromatic N) is 1. The summed E-state index contributed by atoms with van der Waals surface area (Å²) < 4.78 is 0. The van der Waals surface area contributed by atoms with Gasteiger partial charge in [-0.1, -0.05) is 38.1 Å². The smallest absolute Gasteiger partial charge is 0.256 e. The summed E-state index contributed by atoms with van der Waals surface area (Å²) in [7, 11) is 0. The fourth-order valence-electron chi connectivity index (χ4n) is 3.34. The Morgan fingerprint density at radius 3 is 2.57 bits per heavy atom. The molecule has 110 valence electrons. The van der Waals surface area contributed by atoms with Gasteiger partial charge in [0.05, 0.1) is 5.56 Å². The van der Waals surface area contributed by atoms with Gasteiger partial charge < -0.3 is 10.6 Å². The van der Waals surface area contributed by atoms with Gasteiger partial charge in [0.2, 0.25) is 0 Å². The van der Waals surface area contributed by atoms with Crippen molar-refractivity contribution in [3.63, 3.8) is 0 Å². The highest BCUT2D eigenvalue weighted by Crippen LogP contribution is 2.29. The molecule has 0 bridgehead atoms. The van der Waals surface area contributed by atoms with E-state index in [1.54, 1.807) is 0 Å². The zero-order chi connectivity index (χ0) is 15.0. The lowest BCUT2D eigenvalue weighted by molar-refractivity contribution is 0.0703. The number of carbonyl (C=O) groups is 1. The van der Waals surface area contributed by atoms with Gasteiger partial charge in [-0.05, 0) is 41.7 Å². The largest absolute Gasteiger partial charge is 0.398 e. The normalized spacial score (nSPS) is 18.6. The highest BCUT2D eigenvalue weighted by atomic mass is 16.2. The average molecular weight is 282 g/mol. The molecule has 1 unspecified atom stereocenters. The van der Waals surface area contributed by atoms with E-state index >= 15 is 0 Å². The van der Waals surface area contributed by atoms with Crippen LogP contribution in [0.15, 0.2) is 36.4 Å². The number of nitrogen functional groups attached to an aromatic ring is 1. The Hall–Kier alpha value is -2.03. The van der Waals surface area contributed by atoms with Crippen molar-refractivity contribution in [1.29, 1.82) is 0 Å². The maximum atomic E-state index is 12.9. The number of amides is 1. The van der Waals surface area contributed by atoms with E-state index in [9.17, 15) is 4.79 Å². The first kappa shape index (κ1) is 13.9. The summed E-state index contributed by atoms with van der Waals surface area (Å²) in [6.45, 7) is 5.20. The van der Waals surface area contributed by atoms with Gasteiger partial charge >= 0.3 is 0 Å². The highest BCUT2D eigenvalue weighted by Gasteiger charge is 2.32. The number of hydrogen-bond acceptors (Lipinski definition) is 2. The lowest BCUT2D eigenvalue weighted by Crippen LogP contribution is -2.38. The number of rotatable bonds is 2. The molecule has 0 spiro atoms. The molecule has 3 heteroatoms. The van der Waals surface area contributed by atoms with E-state index in [0.717, 1.165) is 30.2 Å². The summed E-state index contributed by atoms with van der Waals surface area (Å²) in [6, 6.07) is 12.2. The summed E-state index contributed by atoms with van der Waals surface area (Å²) in [5.74, 6) is 0.563. The van der Waals surface area contributed by atoms with Crippen molar-refractivity contribution < 1.29 is 4.79 Å². The van der Waals surface area contributed by atoms with Crippen LogP contribution in [0.1, 0.15) is 37.0 Å². The van der Waals surface area contributed by atoms with Gasteiger partial charge in [-0.15, -0.1) is 0 Å². The molecular weight excluding hydrogens is 260 g/mol. The van der Waals surface area contributed by atoms with Gasteiger partial charge in [-0.25, -0.2) is 0 Å². The van der Waals surface area contributed by atoms with Gasteiger partial charge in [0, 0.05) is 18.3 Å². The van der Waals surface area contributed by atoms with Gasteiger partial charge in [0.1, 0.15) is 0 Å². The Labute approximate surface area is 125 Å². The predicted octanol–water partition coefficient (Wildman–Crippen LogP) is 3.68. The fourth-order valence-corrected chi connectivity index (χ4v) is 3.34. The third-order valence-electron chi connectivity index (χ3n) is 4.48. The van der Waals surface area contributed by atoms with Crippen LogP contribution < -0.4 is 5.73 Å². The zero-order valence-electron chi connectivity index (χ0n) is 12.7. The Morgan fingerprint density at radius 2 is 1.90 bits per heavy atom. The minimum Gasteiger partial charge on any atom is -0.398 e. The van der Waals surface area contributed by atoms with Crippen molar-refractivity contribution in [2.75, 3.05) is 12.3 Å². The van der Waals surface area contributed by atoms with Crippen molar-refractivity contribution in [2.45, 2.75) is 32.7 Å². The molecule has 3 rings (SSSR count). The molecule has 2 aromatic rings. The maximum Gasteiger partial charge on any atom is 0.256 e. The van der Waals surface area contributed by atoms with Crippen LogP contribution in [0.3, 0.4) is 0 Å². The van der Waals surface area contributed by atoms with Gasteiger partial charge in [0.15, 0.2) is 0 Å². The van der Waals surface area contributed by atoms with Gasteiger partial charge in [0.25, 0.3) is 5.91 Å². The molecule has 1 amide bonds. The molecule has 0 aromatic heterocycles. The number of carbonyl (C=O) groups excluding carboxylic acids is 1. The molecule has 1 saturated heterocycles. The summed E-state index contributed by atoms with van der Waals surface area (Å²) in [5.41, 5.74) is 7.35. The fraction of sp³-hybridized carbons (Fsp3) is 0.389. The molecule has 3 nitrogen and oxygen atoms in total. The SMILES string of the molecule is CC(C)C1CCCN1C(=O)c1cc2ccccc2cc1N. The molecule has 0 radical (unpaired) electrons. The van der Waals surface area contributed by atoms with E-state index in [1.165, 1.54) is 0 Å². The zero-order valence-corrected chi connectivity index (χ0v) is 12.7. The number of likely N-dealkylation sites (tertiary alicyclic amines) is 1. The molecule has 1 aliphatic heterocycles. The van der Waals surface area contributed by atoms with E-state index in [-0.39, 0.29) is 5.91 Å². The Kier molecular flexibility index (Phi) is 3.58. The summed E-state index contributed by atoms with van der Waals surface area (Å²) in [4.78, 5) is 14.9. The van der Waals surface area contributed by atoms with Crippen LogP contribution in [0.25, 0.3) is 10.8 Å². The first-order chi connectivity index (χ1) is 10.1. The van der Waals surface area contributed by atoms with Crippen LogP contribution in [0.2, 0.25) is 0 Å². The second-order valence-electron chi connectivity index (χ2n) is 6.24. The van der Waals surface area contributed by atoms with Crippen molar-refractivity contribution in [2.24, 2.45) is 5.92 Å². The minimum absolute atomic E-state index is 0.0782. The van der Waals surface area contributed by atoms with Crippen LogP contribution in [-0.4, -0.2) is 23.4 Å². The third kappa shape index (κ3) is 2.48. The maximum absolute atomic E-state index is 12.9. The van der Waals surface area contributed by atoms with Crippen LogP contribution in [0, 0.1) is 5.92 Å². The van der Waals surface area contributed by atoms with E-state index < -0.39 is 0 Å². The number of benzene rings is 2. The molecule has 2 N–H and O–H groups in total. The quantitative estimate of drug-likeness (QED) is 0.854. The molecule has 1 aliphatic rings. The van der Waals surface area contributed by atoms with Crippen molar-refractivity contribution in [3.8, 4) is 0 Å². The Balaban J connectivity index is 1.99. The molecule has 0 saturated carbocycles. The molecular formula is C18H22N2O. The average Bonchev–Trinajstić information content (AvgIpc) is 2.95. The molecule has 1 fully saturated rings. The molecule has 0 aliphatic carbocycles. The number of fused-ring (bicyclic) bond motifs is 1. The van der Waals surface area contributed by atoms with Gasteiger partial charge in [-0.3, -0.25) is 4.79 Å². The standard InChI is InChI=1S/C18H22N2O/c1-12(2)17-8-5-9-20(17)18(21)15-10-13-6-3-4-7-14(13)11-16(15)19/h3-4,6-7,10-12,17H,5,8-9,19H2,1-2H3. The first-order valence-corrected chi connectivity index (χ1v) is 7.67. The second-order valence-corrected chi connectivity index (χ2v) is 6.24. The van der Waals surface area contributed by atoms with E-state index in [0.29, 0.717) is 23.2 Å². The second kappa shape index (κ2) is 5.40. The number of anilines is 1. The van der Waals surface area contributed by atoms with Gasteiger partial charge in [-0.2, -0.15) is 0 Å². The first-order valence-electron chi connectivity index (χ1n) is 7.67. The Morgan fingerprint density at radius 1 is 1.24 bits per heavy atom. The summed E-state index contributed by atoms with van der Waals surface area (Å²) >= 11 is 0. The van der Waals surface area contributed by atoms with Crippen LogP contribution in [-0.2, 0) is 0 Å². The van der Waals surface area contributed by atoms with Crippen molar-refractivity contribution in [3.05, 3.63) is 42.0 Å². The van der Waals surface area contributed by atoms with Crippen LogP contribution >= 0.6 is 0 Å². The summed E-state index contributed by atoms with van der Waals surface area (Å²) in [5, 5.41) is 2.14. The topological polar surface area (TPSA) is 46.3 Å². The molecule has 2 aromatic carbocycles. The van der Waals surface area contributed by atoms with Crippen molar-refractivity contribution in [1.82, 2.24) is 4.90 Å². The molecule has 21 heavy (non-hydrogen) atoms. The number of nitrogens with two attached hydrogens (primary N) is 1. The third-order valence-corrected chi connectivity index (χ3v) is 4.48. The van der Waals surface area contributed by atoms with Crippen molar-refractivity contribution >= 4 is 22.4 Å². The Bertz CT molecular complexity index is 678. The summed E-state index contributed by atoms with van der Waals surface area (Å²) in [6.07, 6.45) is 2.18. The highest BCUT2D eigenvalue weighted by molar-refractivity contribution is 6.04. The molecule has 1 heterocycles. The number of hydrogen-bond donors (Lipinski definition) is 1. The predicted molar refractivity (Wildman–Crippen MR) is 87.3 cm³/mol. The van der Waals surface area contributed by atoms with E-state index in [4.69, 9.17) is 5.73 Å². The minimum atomic E-state index is 0.0782. The van der Waals surface area contributed by atoms with E-state index in [1.807, 2.05) is 41.3 Å². The lowest BCUT2D eigenvalue weighted by atomic mass is 10.00. The lowest BCUT2D eigenvalue weighted by Gasteiger charge is -2.28. The van der Waals surface area contributed by atoms with Crippen LogP contribution in [0.5, 0.6) is 0 Å². The monoisotopic (exact) mass is 282 g/mol. The van der Waals surface area contributed by atoms with Crippen LogP contribution in [0.4, 0.5) is 5.69 Å².